The largest absolute Gasteiger partial charge is 0.373 e. The van der Waals surface area contributed by atoms with Gasteiger partial charge >= 0.3 is 0 Å². The highest BCUT2D eigenvalue weighted by Gasteiger charge is 2.65. The lowest BCUT2D eigenvalue weighted by Crippen LogP contribution is -2.17. The molecule has 3 heteroatoms. The number of aliphatic hydroxyl groups is 1. The van der Waals surface area contributed by atoms with Gasteiger partial charge in [-0.05, 0) is 12.2 Å². The topological polar surface area (TPSA) is 20.2 Å². The average molecular weight is 161 g/mol. The Balaban J connectivity index is 2.40. The molecule has 1 heterocycles. The van der Waals surface area contributed by atoms with E-state index in [-0.39, 0.29) is 0 Å². The second-order valence-electron chi connectivity index (χ2n) is 2.16. The summed E-state index contributed by atoms with van der Waals surface area (Å²) >= 11 is 7.21. The van der Waals surface area contributed by atoms with E-state index in [2.05, 4.69) is 0 Å². The standard InChI is InChI=1S/C6H5ClOS/c7-5-3-1-2-4-6(5,8)9-5/h1-4,8H. The van der Waals surface area contributed by atoms with E-state index >= 15 is 0 Å². The molecule has 1 fully saturated rings. The van der Waals surface area contributed by atoms with E-state index in [1.807, 2.05) is 6.08 Å². The van der Waals surface area contributed by atoms with Gasteiger partial charge in [0.15, 0.2) is 9.14 Å². The van der Waals surface area contributed by atoms with Gasteiger partial charge in [-0.2, -0.15) is 0 Å². The lowest BCUT2D eigenvalue weighted by Gasteiger charge is -2.06. The van der Waals surface area contributed by atoms with Gasteiger partial charge in [0.25, 0.3) is 0 Å². The van der Waals surface area contributed by atoms with Crippen molar-refractivity contribution in [2.24, 2.45) is 0 Å². The van der Waals surface area contributed by atoms with E-state index in [9.17, 15) is 5.11 Å². The SMILES string of the molecule is OC12C=CC=CC1(Cl)S2. The molecule has 9 heavy (non-hydrogen) atoms. The van der Waals surface area contributed by atoms with Crippen LogP contribution >= 0.6 is 23.4 Å². The number of fused-ring (bicyclic) bond motifs is 1. The monoisotopic (exact) mass is 160 g/mol. The fourth-order valence-electron chi connectivity index (χ4n) is 0.867. The van der Waals surface area contributed by atoms with Crippen molar-refractivity contribution in [3.8, 4) is 0 Å². The highest BCUT2D eigenvalue weighted by Crippen LogP contribution is 2.67. The Morgan fingerprint density at radius 2 is 2.00 bits per heavy atom. The third kappa shape index (κ3) is 0.613. The molecule has 48 valence electrons. The highest BCUT2D eigenvalue weighted by molar-refractivity contribution is 8.11. The molecule has 0 amide bonds. The first-order valence-corrected chi connectivity index (χ1v) is 3.84. The minimum Gasteiger partial charge on any atom is -0.373 e. The van der Waals surface area contributed by atoms with Crippen LogP contribution < -0.4 is 0 Å². The minimum atomic E-state index is -0.802. The van der Waals surface area contributed by atoms with Crippen LogP contribution in [0.1, 0.15) is 0 Å². The lowest BCUT2D eigenvalue weighted by molar-refractivity contribution is 0.220. The van der Waals surface area contributed by atoms with Crippen LogP contribution in [0.3, 0.4) is 0 Å². The smallest absolute Gasteiger partial charge is 0.163 e. The van der Waals surface area contributed by atoms with Gasteiger partial charge in [-0.15, -0.1) is 0 Å². The zero-order valence-electron chi connectivity index (χ0n) is 4.54. The van der Waals surface area contributed by atoms with E-state index in [1.54, 1.807) is 18.2 Å². The molecule has 2 rings (SSSR count). The first kappa shape index (κ1) is 5.83. The molecule has 0 bridgehead atoms. The third-order valence-corrected chi connectivity index (χ3v) is 3.56. The molecule has 0 aromatic carbocycles. The van der Waals surface area contributed by atoms with Crippen molar-refractivity contribution < 1.29 is 5.11 Å². The van der Waals surface area contributed by atoms with Gasteiger partial charge in [-0.1, -0.05) is 35.5 Å². The molecular formula is C6H5ClOS. The van der Waals surface area contributed by atoms with E-state index in [4.69, 9.17) is 11.6 Å². The molecule has 0 aromatic rings. The number of allylic oxidation sites excluding steroid dienone is 2. The maximum atomic E-state index is 9.40. The van der Waals surface area contributed by atoms with Crippen LogP contribution in [-0.2, 0) is 0 Å². The average Bonchev–Trinajstić information content (AvgIpc) is 2.33. The van der Waals surface area contributed by atoms with Gasteiger partial charge in [0.1, 0.15) is 0 Å². The highest BCUT2D eigenvalue weighted by atomic mass is 35.5. The number of alkyl halides is 1. The Morgan fingerprint density at radius 1 is 1.33 bits per heavy atom. The first-order chi connectivity index (χ1) is 4.16. The number of hydrogen-bond donors (Lipinski definition) is 1. The molecule has 0 spiro atoms. The van der Waals surface area contributed by atoms with Crippen molar-refractivity contribution in [2.45, 2.75) is 9.14 Å². The molecule has 0 radical (unpaired) electrons. The fourth-order valence-corrected chi connectivity index (χ4v) is 2.19. The number of thioether (sulfide) groups is 1. The van der Waals surface area contributed by atoms with Gasteiger partial charge in [-0.3, -0.25) is 0 Å². The summed E-state index contributed by atoms with van der Waals surface area (Å²) in [5, 5.41) is 9.40. The molecule has 1 nitrogen and oxygen atoms in total. The molecular weight excluding hydrogens is 156 g/mol. The van der Waals surface area contributed by atoms with Crippen molar-refractivity contribution in [1.29, 1.82) is 0 Å². The summed E-state index contributed by atoms with van der Waals surface area (Å²) in [5.74, 6) is 0. The van der Waals surface area contributed by atoms with E-state index in [1.165, 1.54) is 11.8 Å². The summed E-state index contributed by atoms with van der Waals surface area (Å²) in [5.41, 5.74) is 0. The Labute approximate surface area is 62.4 Å². The Bertz CT molecular complexity index is 191. The number of hydrogen-bond acceptors (Lipinski definition) is 2. The van der Waals surface area contributed by atoms with Crippen LogP contribution in [-0.4, -0.2) is 14.2 Å². The Morgan fingerprint density at radius 3 is 2.44 bits per heavy atom. The van der Waals surface area contributed by atoms with Crippen molar-refractivity contribution >= 4 is 23.4 Å². The Hall–Kier alpha value is 0.0800. The summed E-state index contributed by atoms with van der Waals surface area (Å²) in [7, 11) is 0. The number of halogens is 1. The van der Waals surface area contributed by atoms with E-state index in [0.29, 0.717) is 0 Å². The summed E-state index contributed by atoms with van der Waals surface area (Å²) in [6.45, 7) is 0. The third-order valence-electron chi connectivity index (χ3n) is 1.49. The maximum Gasteiger partial charge on any atom is 0.163 e. The van der Waals surface area contributed by atoms with Gasteiger partial charge in [-0.25, -0.2) is 0 Å². The van der Waals surface area contributed by atoms with Gasteiger partial charge in [0.05, 0.1) is 0 Å². The minimum absolute atomic E-state index is 0.540. The normalized spacial score (nSPS) is 53.1. The molecule has 2 aliphatic rings. The summed E-state index contributed by atoms with van der Waals surface area (Å²) in [6, 6.07) is 0. The van der Waals surface area contributed by atoms with E-state index < -0.39 is 9.14 Å². The van der Waals surface area contributed by atoms with Crippen molar-refractivity contribution in [3.63, 3.8) is 0 Å². The number of rotatable bonds is 0. The van der Waals surface area contributed by atoms with Crippen LogP contribution in [0, 0.1) is 0 Å². The molecule has 1 aliphatic carbocycles. The van der Waals surface area contributed by atoms with Gasteiger partial charge in [0, 0.05) is 0 Å². The van der Waals surface area contributed by atoms with Crippen molar-refractivity contribution in [3.05, 3.63) is 24.3 Å². The van der Waals surface area contributed by atoms with Gasteiger partial charge < -0.3 is 5.11 Å². The predicted molar refractivity (Wildman–Crippen MR) is 39.4 cm³/mol. The van der Waals surface area contributed by atoms with Crippen LogP contribution in [0.4, 0.5) is 0 Å². The second kappa shape index (κ2) is 1.39. The first-order valence-electron chi connectivity index (χ1n) is 2.65. The maximum absolute atomic E-state index is 9.40. The fraction of sp³-hybridized carbons (Fsp3) is 0.333. The van der Waals surface area contributed by atoms with E-state index in [0.717, 1.165) is 0 Å². The van der Waals surface area contributed by atoms with Crippen LogP contribution in [0.25, 0.3) is 0 Å². The molecule has 0 saturated carbocycles. The molecule has 1 aliphatic heterocycles. The van der Waals surface area contributed by atoms with Crippen LogP contribution in [0.2, 0.25) is 0 Å². The Kier molecular flexibility index (Phi) is 0.900. The summed E-state index contributed by atoms with van der Waals surface area (Å²) < 4.78 is -0.540. The van der Waals surface area contributed by atoms with Crippen LogP contribution in [0.5, 0.6) is 0 Å². The second-order valence-corrected chi connectivity index (χ2v) is 4.45. The summed E-state index contributed by atoms with van der Waals surface area (Å²) in [6.07, 6.45) is 7.17. The molecule has 0 aromatic heterocycles. The molecule has 1 saturated heterocycles. The van der Waals surface area contributed by atoms with Crippen molar-refractivity contribution in [2.75, 3.05) is 0 Å². The van der Waals surface area contributed by atoms with Gasteiger partial charge in [0.2, 0.25) is 0 Å². The lowest BCUT2D eigenvalue weighted by atomic mass is 10.1. The zero-order chi connectivity index (χ0) is 6.54. The molecule has 1 N–H and O–H groups in total. The predicted octanol–water partition coefficient (Wildman–Crippen LogP) is 1.48. The van der Waals surface area contributed by atoms with Crippen molar-refractivity contribution in [1.82, 2.24) is 0 Å². The summed E-state index contributed by atoms with van der Waals surface area (Å²) in [4.78, 5) is -0.802. The van der Waals surface area contributed by atoms with Crippen LogP contribution in [0.15, 0.2) is 24.3 Å². The molecule has 2 atom stereocenters. The quantitative estimate of drug-likeness (QED) is 0.428. The molecule has 2 unspecified atom stereocenters. The zero-order valence-corrected chi connectivity index (χ0v) is 6.12.